The van der Waals surface area contributed by atoms with E-state index in [2.05, 4.69) is 21.7 Å². The molecule has 0 amide bonds. The number of aromatic nitrogens is 1. The van der Waals surface area contributed by atoms with E-state index in [1.54, 1.807) is 24.5 Å². The number of hydrogen-bond acceptors (Lipinski definition) is 5. The van der Waals surface area contributed by atoms with Gasteiger partial charge in [0.25, 0.3) is 0 Å². The summed E-state index contributed by atoms with van der Waals surface area (Å²) < 4.78 is 19.7. The van der Waals surface area contributed by atoms with Crippen LogP contribution in [0.5, 0.6) is 0 Å². The number of anilines is 5. The molecule has 0 saturated heterocycles. The molecule has 6 heteroatoms. The van der Waals surface area contributed by atoms with Gasteiger partial charge < -0.3 is 15.1 Å². The number of furan rings is 1. The average Bonchev–Trinajstić information content (AvgIpc) is 3.13. The summed E-state index contributed by atoms with van der Waals surface area (Å²) in [4.78, 5) is 4.12. The van der Waals surface area contributed by atoms with Crippen molar-refractivity contribution in [2.75, 3.05) is 22.8 Å². The van der Waals surface area contributed by atoms with Gasteiger partial charge in [0.15, 0.2) is 5.58 Å². The molecule has 2 N–H and O–H groups in total. The third-order valence-electron chi connectivity index (χ3n) is 4.99. The quantitative estimate of drug-likeness (QED) is 0.319. The summed E-state index contributed by atoms with van der Waals surface area (Å²) in [7, 11) is 1.38. The van der Waals surface area contributed by atoms with Gasteiger partial charge in [-0.3, -0.25) is 4.98 Å². The molecule has 0 fully saturated rings. The Kier molecular flexibility index (Phi) is 4.44. The molecule has 0 aliphatic carbocycles. The number of nitrogens with one attached hydrogen (secondary N) is 2. The molecule has 0 saturated carbocycles. The zero-order valence-electron chi connectivity index (χ0n) is 16.3. The van der Waals surface area contributed by atoms with Crippen LogP contribution in [0.25, 0.3) is 21.9 Å². The van der Waals surface area contributed by atoms with Gasteiger partial charge in [0, 0.05) is 29.7 Å². The number of hydrogen-bond donors (Lipinski definition) is 2. The molecular weight excluding hydrogens is 379 g/mol. The number of rotatable bonds is 5. The molecule has 5 nitrogen and oxygen atoms in total. The minimum Gasteiger partial charge on any atom is -0.454 e. The van der Waals surface area contributed by atoms with Crippen molar-refractivity contribution in [2.45, 2.75) is 0 Å². The third kappa shape index (κ3) is 3.28. The Morgan fingerprint density at radius 1 is 0.800 bits per heavy atom. The highest BCUT2D eigenvalue weighted by Gasteiger charge is 2.11. The highest BCUT2D eigenvalue weighted by molar-refractivity contribution is 6.05. The lowest BCUT2D eigenvalue weighted by Crippen LogP contribution is -2.06. The van der Waals surface area contributed by atoms with Gasteiger partial charge in [-0.1, -0.05) is 24.3 Å². The Bertz CT molecular complexity index is 1350. The minimum absolute atomic E-state index is 0.465. The zero-order chi connectivity index (χ0) is 20.5. The maximum absolute atomic E-state index is 13.9. The summed E-state index contributed by atoms with van der Waals surface area (Å²) in [6, 6.07) is 23.0. The van der Waals surface area contributed by atoms with E-state index in [-0.39, 0.29) is 0 Å². The molecule has 2 aromatic heterocycles. The Labute approximate surface area is 172 Å². The first-order valence-corrected chi connectivity index (χ1v) is 9.57. The van der Waals surface area contributed by atoms with Crippen molar-refractivity contribution < 1.29 is 8.90 Å². The minimum atomic E-state index is 0.465. The van der Waals surface area contributed by atoms with E-state index in [9.17, 15) is 4.48 Å². The first-order chi connectivity index (χ1) is 14.7. The molecule has 0 aliphatic heterocycles. The van der Waals surface area contributed by atoms with Crippen LogP contribution in [-0.2, 0) is 0 Å². The van der Waals surface area contributed by atoms with Crippen LogP contribution in [0.1, 0.15) is 0 Å². The zero-order valence-corrected chi connectivity index (χ0v) is 16.3. The summed E-state index contributed by atoms with van der Waals surface area (Å²) in [5.74, 6) is 0. The summed E-state index contributed by atoms with van der Waals surface area (Å²) in [5.41, 5.74) is 5.37. The third-order valence-corrected chi connectivity index (χ3v) is 4.99. The molecule has 5 aromatic rings. The number of nitrogens with zero attached hydrogens (tertiary/aromatic N) is 2. The maximum atomic E-state index is 13.9. The molecule has 0 bridgehead atoms. The highest BCUT2D eigenvalue weighted by atomic mass is 19.2. The van der Waals surface area contributed by atoms with Gasteiger partial charge in [0.05, 0.1) is 28.9 Å². The lowest BCUT2D eigenvalue weighted by atomic mass is 10.1. The second kappa shape index (κ2) is 7.40. The van der Waals surface area contributed by atoms with Gasteiger partial charge >= 0.3 is 0 Å². The van der Waals surface area contributed by atoms with E-state index in [0.717, 1.165) is 39.0 Å². The Morgan fingerprint density at radius 3 is 2.33 bits per heavy atom. The second-order valence-electron chi connectivity index (χ2n) is 6.97. The largest absolute Gasteiger partial charge is 0.454 e. The van der Waals surface area contributed by atoms with E-state index in [1.165, 1.54) is 7.05 Å². The van der Waals surface area contributed by atoms with Crippen molar-refractivity contribution >= 4 is 50.4 Å². The van der Waals surface area contributed by atoms with Gasteiger partial charge in [0.2, 0.25) is 0 Å². The molecule has 0 unspecified atom stereocenters. The molecule has 0 aliphatic rings. The number of fused-ring (bicyclic) bond motifs is 3. The van der Waals surface area contributed by atoms with Gasteiger partial charge in [-0.25, -0.2) is 5.12 Å². The molecule has 3 aromatic carbocycles. The lowest BCUT2D eigenvalue weighted by molar-refractivity contribution is 0.476. The molecular formula is C24H19FN4O. The molecule has 0 radical (unpaired) electrons. The van der Waals surface area contributed by atoms with Crippen molar-refractivity contribution in [2.24, 2.45) is 0 Å². The predicted octanol–water partition coefficient (Wildman–Crippen LogP) is 6.79. The van der Waals surface area contributed by atoms with Gasteiger partial charge in [-0.15, -0.1) is 4.48 Å². The number of para-hydroxylation sites is 4. The molecule has 30 heavy (non-hydrogen) atoms. The molecule has 148 valence electrons. The van der Waals surface area contributed by atoms with Crippen LogP contribution < -0.4 is 15.8 Å². The van der Waals surface area contributed by atoms with Crippen molar-refractivity contribution in [3.05, 3.63) is 85.2 Å². The number of pyridine rings is 1. The topological polar surface area (TPSA) is 53.3 Å². The fourth-order valence-corrected chi connectivity index (χ4v) is 3.56. The monoisotopic (exact) mass is 398 g/mol. The first kappa shape index (κ1) is 18.0. The van der Waals surface area contributed by atoms with Crippen molar-refractivity contribution in [1.82, 2.24) is 4.98 Å². The van der Waals surface area contributed by atoms with Gasteiger partial charge in [0.1, 0.15) is 5.58 Å². The van der Waals surface area contributed by atoms with E-state index in [1.807, 2.05) is 54.6 Å². The Morgan fingerprint density at radius 2 is 1.53 bits per heavy atom. The smallest absolute Gasteiger partial charge is 0.153 e. The van der Waals surface area contributed by atoms with Crippen LogP contribution in [0, 0.1) is 0 Å². The van der Waals surface area contributed by atoms with Crippen LogP contribution in [0.4, 0.5) is 32.9 Å². The van der Waals surface area contributed by atoms with E-state index in [0.29, 0.717) is 16.5 Å². The molecule has 0 atom stereocenters. The first-order valence-electron chi connectivity index (χ1n) is 9.57. The average molecular weight is 398 g/mol. The van der Waals surface area contributed by atoms with Crippen LogP contribution in [0.2, 0.25) is 0 Å². The van der Waals surface area contributed by atoms with E-state index in [4.69, 9.17) is 4.42 Å². The number of halogens is 1. The van der Waals surface area contributed by atoms with Crippen LogP contribution in [0.15, 0.2) is 89.6 Å². The van der Waals surface area contributed by atoms with Crippen LogP contribution in [0.3, 0.4) is 0 Å². The van der Waals surface area contributed by atoms with Crippen LogP contribution in [-0.4, -0.2) is 12.0 Å². The summed E-state index contributed by atoms with van der Waals surface area (Å²) in [6.45, 7) is 0. The normalized spacial score (nSPS) is 11.0. The summed E-state index contributed by atoms with van der Waals surface area (Å²) >= 11 is 0. The Hall–Kier alpha value is -4.06. The fourth-order valence-electron chi connectivity index (χ4n) is 3.56. The van der Waals surface area contributed by atoms with Crippen molar-refractivity contribution in [3.63, 3.8) is 0 Å². The SMILES string of the molecule is CN(F)c1ccccc1Nc1ccccc1Nc1ccc2oc3cnccc3c2c1. The highest BCUT2D eigenvalue weighted by Crippen LogP contribution is 2.35. The molecule has 5 rings (SSSR count). The second-order valence-corrected chi connectivity index (χ2v) is 6.97. The van der Waals surface area contributed by atoms with Crippen molar-refractivity contribution in [3.8, 4) is 0 Å². The van der Waals surface area contributed by atoms with E-state index < -0.39 is 0 Å². The molecule has 0 spiro atoms. The molecule has 2 heterocycles. The lowest BCUT2D eigenvalue weighted by Gasteiger charge is -2.18. The summed E-state index contributed by atoms with van der Waals surface area (Å²) in [6.07, 6.45) is 3.48. The van der Waals surface area contributed by atoms with Gasteiger partial charge in [-0.2, -0.15) is 0 Å². The summed E-state index contributed by atoms with van der Waals surface area (Å²) in [5, 5.41) is 9.44. The van der Waals surface area contributed by atoms with Crippen molar-refractivity contribution in [1.29, 1.82) is 0 Å². The maximum Gasteiger partial charge on any atom is 0.153 e. The Balaban J connectivity index is 1.50. The van der Waals surface area contributed by atoms with Gasteiger partial charge in [-0.05, 0) is 48.5 Å². The van der Waals surface area contributed by atoms with E-state index >= 15 is 0 Å². The standard InChI is InChI=1S/C24H19FN4O/c1-29(25)22-9-5-4-8-21(22)28-20-7-3-2-6-19(20)27-16-10-11-23-18(14-16)17-12-13-26-15-24(17)30-23/h2-15,27-28H,1H3. The number of benzene rings is 3. The fraction of sp³-hybridized carbons (Fsp3) is 0.0417. The van der Waals surface area contributed by atoms with Crippen LogP contribution >= 0.6 is 0 Å². The predicted molar refractivity (Wildman–Crippen MR) is 120 cm³/mol.